The number of thioether (sulfide) groups is 1. The summed E-state index contributed by atoms with van der Waals surface area (Å²) < 4.78 is 0. The first-order valence-corrected chi connectivity index (χ1v) is 9.01. The van der Waals surface area contributed by atoms with Crippen molar-refractivity contribution in [3.05, 3.63) is 51.4 Å². The second-order valence-corrected chi connectivity index (χ2v) is 7.23. The zero-order valence-corrected chi connectivity index (χ0v) is 14.6. The molecule has 1 aliphatic heterocycles. The van der Waals surface area contributed by atoms with Crippen LogP contribution in [0, 0.1) is 0 Å². The summed E-state index contributed by atoms with van der Waals surface area (Å²) in [5.41, 5.74) is 0.711. The minimum Gasteiger partial charge on any atom is -0.334 e. The zero-order chi connectivity index (χ0) is 16.2. The molecule has 2 heterocycles. The van der Waals surface area contributed by atoms with E-state index in [1.807, 2.05) is 24.3 Å². The van der Waals surface area contributed by atoms with E-state index in [1.54, 1.807) is 17.8 Å². The lowest BCUT2D eigenvalue weighted by Crippen LogP contribution is -3.12. The molecule has 1 aliphatic rings. The average molecular weight is 352 g/mol. The van der Waals surface area contributed by atoms with Crippen molar-refractivity contribution in [1.29, 1.82) is 0 Å². The Kier molecular flexibility index (Phi) is 5.25. The third-order valence-corrected chi connectivity index (χ3v) is 5.20. The van der Waals surface area contributed by atoms with Crippen LogP contribution in [-0.2, 0) is 5.75 Å². The van der Waals surface area contributed by atoms with E-state index in [2.05, 4.69) is 21.9 Å². The van der Waals surface area contributed by atoms with Crippen LogP contribution >= 0.6 is 23.4 Å². The van der Waals surface area contributed by atoms with Gasteiger partial charge in [-0.25, -0.2) is 4.98 Å². The molecule has 0 amide bonds. The standard InChI is InChI=1S/C16H19ClN4OS/c1-20-6-8-21(9-7-20)16-18-13(10-15(22)19-16)11-23-14-4-2-12(17)3-5-14/h2-5,10H,6-9,11H2,1H3,(H,18,19,22)/p+1. The fourth-order valence-electron chi connectivity index (χ4n) is 2.51. The molecule has 1 aromatic heterocycles. The van der Waals surface area contributed by atoms with E-state index in [-0.39, 0.29) is 5.56 Å². The Labute approximate surface area is 144 Å². The number of aromatic amines is 1. The fraction of sp³-hybridized carbons (Fsp3) is 0.375. The molecule has 0 atom stereocenters. The Bertz CT molecular complexity index is 711. The lowest BCUT2D eigenvalue weighted by molar-refractivity contribution is -0.880. The Hall–Kier alpha value is -1.50. The third kappa shape index (κ3) is 4.50. The van der Waals surface area contributed by atoms with Crippen molar-refractivity contribution in [2.24, 2.45) is 0 Å². The van der Waals surface area contributed by atoms with Crippen LogP contribution in [0.2, 0.25) is 5.02 Å². The molecule has 0 bridgehead atoms. The number of benzene rings is 1. The predicted octanol–water partition coefficient (Wildman–Crippen LogP) is 1.05. The number of nitrogens with zero attached hydrogens (tertiary/aromatic N) is 2. The molecule has 1 aromatic carbocycles. The van der Waals surface area contributed by atoms with Gasteiger partial charge in [-0.1, -0.05) is 11.6 Å². The molecule has 2 aromatic rings. The predicted molar refractivity (Wildman–Crippen MR) is 94.7 cm³/mol. The number of hydrogen-bond acceptors (Lipinski definition) is 4. The zero-order valence-electron chi connectivity index (χ0n) is 13.0. The number of nitrogens with one attached hydrogen (secondary N) is 2. The molecule has 0 aliphatic carbocycles. The number of H-pyrrole nitrogens is 1. The van der Waals surface area contributed by atoms with E-state index in [1.165, 1.54) is 4.90 Å². The van der Waals surface area contributed by atoms with Gasteiger partial charge in [0, 0.05) is 21.7 Å². The van der Waals surface area contributed by atoms with Crippen LogP contribution in [0.1, 0.15) is 5.69 Å². The Balaban J connectivity index is 1.70. The van der Waals surface area contributed by atoms with E-state index >= 15 is 0 Å². The monoisotopic (exact) mass is 351 g/mol. The highest BCUT2D eigenvalue weighted by Crippen LogP contribution is 2.23. The average Bonchev–Trinajstić information content (AvgIpc) is 2.54. The molecule has 0 radical (unpaired) electrons. The maximum Gasteiger partial charge on any atom is 0.252 e. The number of piperazine rings is 1. The van der Waals surface area contributed by atoms with Gasteiger partial charge in [-0.05, 0) is 24.3 Å². The Morgan fingerprint density at radius 1 is 1.30 bits per heavy atom. The maximum absolute atomic E-state index is 11.9. The van der Waals surface area contributed by atoms with Gasteiger partial charge < -0.3 is 9.80 Å². The topological polar surface area (TPSA) is 53.4 Å². The Morgan fingerprint density at radius 3 is 2.70 bits per heavy atom. The van der Waals surface area contributed by atoms with Crippen LogP contribution < -0.4 is 15.4 Å². The number of hydrogen-bond donors (Lipinski definition) is 2. The van der Waals surface area contributed by atoms with Gasteiger partial charge in [0.15, 0.2) is 0 Å². The number of aromatic nitrogens is 2. The molecule has 5 nitrogen and oxygen atoms in total. The largest absolute Gasteiger partial charge is 0.334 e. The van der Waals surface area contributed by atoms with E-state index in [0.29, 0.717) is 11.7 Å². The molecule has 7 heteroatoms. The summed E-state index contributed by atoms with van der Waals surface area (Å²) in [7, 11) is 2.19. The van der Waals surface area contributed by atoms with Crippen molar-refractivity contribution < 1.29 is 4.90 Å². The minimum atomic E-state index is -0.0898. The highest BCUT2D eigenvalue weighted by atomic mass is 35.5. The van der Waals surface area contributed by atoms with Crippen LogP contribution in [-0.4, -0.2) is 43.2 Å². The summed E-state index contributed by atoms with van der Waals surface area (Å²) in [6, 6.07) is 9.27. The molecule has 2 N–H and O–H groups in total. The highest BCUT2D eigenvalue weighted by molar-refractivity contribution is 7.98. The van der Waals surface area contributed by atoms with Gasteiger partial charge in [0.1, 0.15) is 0 Å². The van der Waals surface area contributed by atoms with Gasteiger partial charge in [-0.2, -0.15) is 0 Å². The molecular formula is C16H20ClN4OS+. The van der Waals surface area contributed by atoms with Gasteiger partial charge in [-0.15, -0.1) is 11.8 Å². The number of anilines is 1. The minimum absolute atomic E-state index is 0.0898. The second kappa shape index (κ2) is 7.38. The van der Waals surface area contributed by atoms with Gasteiger partial charge in [0.25, 0.3) is 5.56 Å². The van der Waals surface area contributed by atoms with E-state index in [9.17, 15) is 4.79 Å². The quantitative estimate of drug-likeness (QED) is 0.808. The molecule has 1 saturated heterocycles. The van der Waals surface area contributed by atoms with Crippen LogP contribution in [0.5, 0.6) is 0 Å². The van der Waals surface area contributed by atoms with Crippen LogP contribution in [0.25, 0.3) is 0 Å². The summed E-state index contributed by atoms with van der Waals surface area (Å²) in [6.07, 6.45) is 0. The number of rotatable bonds is 4. The van der Waals surface area contributed by atoms with Crippen molar-refractivity contribution in [2.45, 2.75) is 10.6 Å². The molecule has 0 unspecified atom stereocenters. The molecular weight excluding hydrogens is 332 g/mol. The fourth-order valence-corrected chi connectivity index (χ4v) is 3.42. The van der Waals surface area contributed by atoms with Crippen LogP contribution in [0.15, 0.2) is 40.0 Å². The molecule has 0 spiro atoms. The summed E-state index contributed by atoms with van der Waals surface area (Å²) in [6.45, 7) is 3.96. The number of halogens is 1. The van der Waals surface area contributed by atoms with E-state index in [0.717, 1.165) is 41.8 Å². The third-order valence-electron chi connectivity index (χ3n) is 3.90. The van der Waals surface area contributed by atoms with Gasteiger partial charge in [0.05, 0.1) is 38.9 Å². The molecule has 122 valence electrons. The van der Waals surface area contributed by atoms with Crippen LogP contribution in [0.4, 0.5) is 5.95 Å². The lowest BCUT2D eigenvalue weighted by atomic mass is 10.3. The smallest absolute Gasteiger partial charge is 0.252 e. The van der Waals surface area contributed by atoms with Gasteiger partial charge >= 0.3 is 0 Å². The van der Waals surface area contributed by atoms with Crippen molar-refractivity contribution in [3.63, 3.8) is 0 Å². The summed E-state index contributed by atoms with van der Waals surface area (Å²) >= 11 is 7.54. The van der Waals surface area contributed by atoms with Crippen molar-refractivity contribution in [3.8, 4) is 0 Å². The summed E-state index contributed by atoms with van der Waals surface area (Å²) in [4.78, 5) is 24.2. The first-order valence-electron chi connectivity index (χ1n) is 7.65. The number of likely N-dealkylation sites (N-methyl/N-ethyl adjacent to an activating group) is 1. The Morgan fingerprint density at radius 2 is 2.00 bits per heavy atom. The van der Waals surface area contributed by atoms with Gasteiger partial charge in [0.2, 0.25) is 5.95 Å². The second-order valence-electron chi connectivity index (χ2n) is 5.75. The summed E-state index contributed by atoms with van der Waals surface area (Å²) in [5.74, 6) is 1.36. The van der Waals surface area contributed by atoms with E-state index < -0.39 is 0 Å². The normalized spacial score (nSPS) is 15.8. The van der Waals surface area contributed by atoms with Crippen molar-refractivity contribution >= 4 is 29.3 Å². The molecule has 3 rings (SSSR count). The molecule has 23 heavy (non-hydrogen) atoms. The van der Waals surface area contributed by atoms with Crippen LogP contribution in [0.3, 0.4) is 0 Å². The van der Waals surface area contributed by atoms with E-state index in [4.69, 9.17) is 11.6 Å². The first kappa shape index (κ1) is 16.4. The molecule has 0 saturated carbocycles. The van der Waals surface area contributed by atoms with Crippen molar-refractivity contribution in [1.82, 2.24) is 9.97 Å². The number of quaternary nitrogens is 1. The maximum atomic E-state index is 11.9. The SMILES string of the molecule is C[NH+]1CCN(c2nc(CSc3ccc(Cl)cc3)cc(=O)[nH]2)CC1. The van der Waals surface area contributed by atoms with Gasteiger partial charge in [-0.3, -0.25) is 9.78 Å². The van der Waals surface area contributed by atoms with Crippen molar-refractivity contribution in [2.75, 3.05) is 38.1 Å². The first-order chi connectivity index (χ1) is 11.1. The summed E-state index contributed by atoms with van der Waals surface area (Å²) in [5, 5.41) is 0.725. The molecule has 1 fully saturated rings. The highest BCUT2D eigenvalue weighted by Gasteiger charge is 2.19. The lowest BCUT2D eigenvalue weighted by Gasteiger charge is -2.30.